The molecule has 0 aromatic rings. The van der Waals surface area contributed by atoms with E-state index in [2.05, 4.69) is 38.3 Å². The second-order valence-corrected chi connectivity index (χ2v) is 4.20. The first-order valence-corrected chi connectivity index (χ1v) is 5.60. The minimum Gasteiger partial charge on any atom is -0.315 e. The Morgan fingerprint density at radius 1 is 1.15 bits per heavy atom. The minimum absolute atomic E-state index is 0.604. The Morgan fingerprint density at radius 2 is 1.85 bits per heavy atom. The Balaban J connectivity index is 3.12. The third kappa shape index (κ3) is 9.84. The molecule has 13 heavy (non-hydrogen) atoms. The maximum atomic E-state index is 3.51. The zero-order valence-electron chi connectivity index (χ0n) is 9.69. The molecule has 0 aliphatic carbocycles. The minimum atomic E-state index is 0.604. The number of nitrogens with one attached hydrogen (secondary N) is 2. The van der Waals surface area contributed by atoms with Crippen molar-refractivity contribution in [2.45, 2.75) is 46.6 Å². The molecule has 0 saturated heterocycles. The van der Waals surface area contributed by atoms with Gasteiger partial charge < -0.3 is 10.6 Å². The van der Waals surface area contributed by atoms with Gasteiger partial charge in [-0.2, -0.15) is 0 Å². The molecule has 0 aromatic carbocycles. The molecule has 0 spiro atoms. The quantitative estimate of drug-likeness (QED) is 0.567. The predicted octanol–water partition coefficient (Wildman–Crippen LogP) is 2.01. The van der Waals surface area contributed by atoms with Crippen molar-refractivity contribution in [3.8, 4) is 0 Å². The van der Waals surface area contributed by atoms with Gasteiger partial charge in [0.05, 0.1) is 0 Å². The van der Waals surface area contributed by atoms with Crippen molar-refractivity contribution in [3.05, 3.63) is 0 Å². The summed E-state index contributed by atoms with van der Waals surface area (Å²) >= 11 is 0. The highest BCUT2D eigenvalue weighted by Crippen LogP contribution is 2.01. The lowest BCUT2D eigenvalue weighted by molar-refractivity contribution is 0.472. The average molecular weight is 186 g/mol. The van der Waals surface area contributed by atoms with Crippen molar-refractivity contribution in [1.29, 1.82) is 0 Å². The molecular weight excluding hydrogens is 160 g/mol. The highest BCUT2D eigenvalue weighted by Gasteiger charge is 1.99. The molecule has 0 radical (unpaired) electrons. The van der Waals surface area contributed by atoms with Crippen LogP contribution < -0.4 is 10.6 Å². The van der Waals surface area contributed by atoms with Crippen LogP contribution in [0.3, 0.4) is 0 Å². The van der Waals surface area contributed by atoms with Crippen molar-refractivity contribution < 1.29 is 0 Å². The lowest BCUT2D eigenvalue weighted by Crippen LogP contribution is -2.36. The van der Waals surface area contributed by atoms with Crippen LogP contribution in [0.4, 0.5) is 0 Å². The van der Waals surface area contributed by atoms with Gasteiger partial charge in [-0.3, -0.25) is 0 Å². The highest BCUT2D eigenvalue weighted by atomic mass is 15.0. The molecule has 0 aliphatic rings. The topological polar surface area (TPSA) is 24.1 Å². The van der Waals surface area contributed by atoms with Crippen LogP contribution in [-0.4, -0.2) is 25.7 Å². The van der Waals surface area contributed by atoms with E-state index >= 15 is 0 Å². The van der Waals surface area contributed by atoms with Crippen molar-refractivity contribution in [1.82, 2.24) is 10.6 Å². The van der Waals surface area contributed by atoms with Crippen molar-refractivity contribution in [2.75, 3.05) is 19.6 Å². The molecule has 0 saturated carbocycles. The van der Waals surface area contributed by atoms with Gasteiger partial charge in [-0.25, -0.2) is 0 Å². The van der Waals surface area contributed by atoms with Gasteiger partial charge in [0, 0.05) is 12.6 Å². The summed E-state index contributed by atoms with van der Waals surface area (Å²) < 4.78 is 0. The van der Waals surface area contributed by atoms with E-state index in [-0.39, 0.29) is 0 Å². The first-order chi connectivity index (χ1) is 6.16. The van der Waals surface area contributed by atoms with Crippen molar-refractivity contribution in [2.24, 2.45) is 5.92 Å². The molecule has 2 heteroatoms. The molecule has 80 valence electrons. The highest BCUT2D eigenvalue weighted by molar-refractivity contribution is 4.63. The zero-order chi connectivity index (χ0) is 10.1. The van der Waals surface area contributed by atoms with Crippen molar-refractivity contribution in [3.63, 3.8) is 0 Å². The number of likely N-dealkylation sites (N-methyl/N-ethyl adjacent to an activating group) is 1. The molecule has 0 bridgehead atoms. The van der Waals surface area contributed by atoms with Gasteiger partial charge in [-0.15, -0.1) is 0 Å². The maximum absolute atomic E-state index is 3.51. The first-order valence-electron chi connectivity index (χ1n) is 5.60. The third-order valence-corrected chi connectivity index (χ3v) is 2.15. The van der Waals surface area contributed by atoms with Gasteiger partial charge in [-0.05, 0) is 38.8 Å². The van der Waals surface area contributed by atoms with E-state index in [4.69, 9.17) is 0 Å². The van der Waals surface area contributed by atoms with Crippen LogP contribution in [0.25, 0.3) is 0 Å². The fourth-order valence-corrected chi connectivity index (χ4v) is 1.29. The van der Waals surface area contributed by atoms with E-state index in [9.17, 15) is 0 Å². The second kappa shape index (κ2) is 8.52. The van der Waals surface area contributed by atoms with Crippen LogP contribution >= 0.6 is 0 Å². The van der Waals surface area contributed by atoms with E-state index in [1.54, 1.807) is 0 Å². The van der Waals surface area contributed by atoms with Gasteiger partial charge >= 0.3 is 0 Å². The summed E-state index contributed by atoms with van der Waals surface area (Å²) in [5, 5.41) is 6.85. The molecule has 2 nitrogen and oxygen atoms in total. The van der Waals surface area contributed by atoms with Crippen LogP contribution in [0, 0.1) is 5.92 Å². The first kappa shape index (κ1) is 12.9. The van der Waals surface area contributed by atoms with Crippen LogP contribution in [0.2, 0.25) is 0 Å². The standard InChI is InChI=1S/C11H26N2/c1-5-12-9-11(4)13-8-6-7-10(2)3/h10-13H,5-9H2,1-4H3. The average Bonchev–Trinajstić information content (AvgIpc) is 2.08. The lowest BCUT2D eigenvalue weighted by atomic mass is 10.1. The number of hydrogen-bond acceptors (Lipinski definition) is 2. The molecule has 0 rings (SSSR count). The zero-order valence-corrected chi connectivity index (χ0v) is 9.69. The van der Waals surface area contributed by atoms with Gasteiger partial charge in [0.15, 0.2) is 0 Å². The summed E-state index contributed by atoms with van der Waals surface area (Å²) in [5.41, 5.74) is 0. The van der Waals surface area contributed by atoms with Crippen LogP contribution in [-0.2, 0) is 0 Å². The summed E-state index contributed by atoms with van der Waals surface area (Å²) in [6.45, 7) is 12.2. The summed E-state index contributed by atoms with van der Waals surface area (Å²) in [7, 11) is 0. The Labute approximate surface area is 83.5 Å². The van der Waals surface area contributed by atoms with Crippen LogP contribution in [0.15, 0.2) is 0 Å². The summed E-state index contributed by atoms with van der Waals surface area (Å²) in [6, 6.07) is 0.604. The van der Waals surface area contributed by atoms with Gasteiger partial charge in [-0.1, -0.05) is 20.8 Å². The maximum Gasteiger partial charge on any atom is 0.0164 e. The predicted molar refractivity (Wildman–Crippen MR) is 60.1 cm³/mol. The fourth-order valence-electron chi connectivity index (χ4n) is 1.29. The van der Waals surface area contributed by atoms with Gasteiger partial charge in [0.2, 0.25) is 0 Å². The van der Waals surface area contributed by atoms with E-state index < -0.39 is 0 Å². The molecule has 2 N–H and O–H groups in total. The smallest absolute Gasteiger partial charge is 0.0164 e. The Bertz CT molecular complexity index is 102. The van der Waals surface area contributed by atoms with Crippen molar-refractivity contribution >= 4 is 0 Å². The van der Waals surface area contributed by atoms with Crippen LogP contribution in [0.1, 0.15) is 40.5 Å². The fraction of sp³-hybridized carbons (Fsp3) is 1.00. The monoisotopic (exact) mass is 186 g/mol. The van der Waals surface area contributed by atoms with Crippen LogP contribution in [0.5, 0.6) is 0 Å². The normalized spacial score (nSPS) is 13.6. The molecule has 1 atom stereocenters. The summed E-state index contributed by atoms with van der Waals surface area (Å²) in [6.07, 6.45) is 2.63. The lowest BCUT2D eigenvalue weighted by Gasteiger charge is -2.14. The van der Waals surface area contributed by atoms with Gasteiger partial charge in [0.1, 0.15) is 0 Å². The Kier molecular flexibility index (Phi) is 8.46. The molecule has 0 fully saturated rings. The molecule has 0 amide bonds. The van der Waals surface area contributed by atoms with E-state index in [0.717, 1.165) is 25.6 Å². The number of rotatable bonds is 8. The van der Waals surface area contributed by atoms with E-state index in [0.29, 0.717) is 6.04 Å². The second-order valence-electron chi connectivity index (χ2n) is 4.20. The Morgan fingerprint density at radius 3 is 2.38 bits per heavy atom. The molecular formula is C11H26N2. The summed E-state index contributed by atoms with van der Waals surface area (Å²) in [4.78, 5) is 0. The van der Waals surface area contributed by atoms with E-state index in [1.807, 2.05) is 0 Å². The molecule has 1 unspecified atom stereocenters. The summed E-state index contributed by atoms with van der Waals surface area (Å²) in [5.74, 6) is 0.839. The largest absolute Gasteiger partial charge is 0.315 e. The number of hydrogen-bond donors (Lipinski definition) is 2. The molecule has 0 aromatic heterocycles. The molecule has 0 heterocycles. The van der Waals surface area contributed by atoms with Gasteiger partial charge in [0.25, 0.3) is 0 Å². The molecule has 0 aliphatic heterocycles. The third-order valence-electron chi connectivity index (χ3n) is 2.15. The Hall–Kier alpha value is -0.0800. The van der Waals surface area contributed by atoms with E-state index in [1.165, 1.54) is 12.8 Å². The SMILES string of the molecule is CCNCC(C)NCCCC(C)C.